The SMILES string of the molecule is CC(C)(C)OC(=O)NC1(CC(=O)O)COC(C)(C)C1. The summed E-state index contributed by atoms with van der Waals surface area (Å²) in [6.45, 7) is 9.18. The number of hydrogen-bond acceptors (Lipinski definition) is 4. The summed E-state index contributed by atoms with van der Waals surface area (Å²) in [6.07, 6.45) is -0.364. The number of carbonyl (C=O) groups is 2. The fourth-order valence-electron chi connectivity index (χ4n) is 2.30. The topological polar surface area (TPSA) is 84.9 Å². The Morgan fingerprint density at radius 2 is 1.95 bits per heavy atom. The van der Waals surface area contributed by atoms with Crippen LogP contribution in [-0.4, -0.2) is 40.5 Å². The first kappa shape index (κ1) is 15.8. The Balaban J connectivity index is 2.77. The van der Waals surface area contributed by atoms with E-state index in [2.05, 4.69) is 5.32 Å². The van der Waals surface area contributed by atoms with Crippen molar-refractivity contribution >= 4 is 12.1 Å². The van der Waals surface area contributed by atoms with Crippen molar-refractivity contribution in [1.29, 1.82) is 0 Å². The second kappa shape index (κ2) is 5.00. The second-order valence-corrected chi connectivity index (χ2v) is 6.70. The van der Waals surface area contributed by atoms with Crippen molar-refractivity contribution in [2.45, 2.75) is 64.2 Å². The first-order valence-electron chi connectivity index (χ1n) is 6.30. The Kier molecular flexibility index (Phi) is 4.14. The van der Waals surface area contributed by atoms with Gasteiger partial charge in [-0.15, -0.1) is 0 Å². The first-order valence-corrected chi connectivity index (χ1v) is 6.30. The van der Waals surface area contributed by atoms with Gasteiger partial charge in [-0.1, -0.05) is 0 Å². The number of alkyl carbamates (subject to hydrolysis) is 1. The van der Waals surface area contributed by atoms with Crippen molar-refractivity contribution in [2.75, 3.05) is 6.61 Å². The predicted molar refractivity (Wildman–Crippen MR) is 69.0 cm³/mol. The molecule has 1 amide bonds. The summed E-state index contributed by atoms with van der Waals surface area (Å²) < 4.78 is 10.7. The van der Waals surface area contributed by atoms with Gasteiger partial charge in [0.25, 0.3) is 0 Å². The molecule has 0 bridgehead atoms. The lowest BCUT2D eigenvalue weighted by atomic mass is 9.87. The molecular formula is C13H23NO5. The Hall–Kier alpha value is -1.30. The van der Waals surface area contributed by atoms with Gasteiger partial charge in [0.2, 0.25) is 0 Å². The molecule has 0 aromatic carbocycles. The summed E-state index contributed by atoms with van der Waals surface area (Å²) >= 11 is 0. The van der Waals surface area contributed by atoms with E-state index in [-0.39, 0.29) is 13.0 Å². The van der Waals surface area contributed by atoms with E-state index in [0.717, 1.165) is 0 Å². The molecule has 1 aliphatic rings. The average Bonchev–Trinajstić information content (AvgIpc) is 2.35. The third kappa shape index (κ3) is 5.06. The van der Waals surface area contributed by atoms with Crippen LogP contribution in [0.25, 0.3) is 0 Å². The molecule has 1 saturated heterocycles. The summed E-state index contributed by atoms with van der Waals surface area (Å²) in [5.41, 5.74) is -1.98. The van der Waals surface area contributed by atoms with Gasteiger partial charge in [0.05, 0.1) is 24.2 Å². The van der Waals surface area contributed by atoms with E-state index in [1.54, 1.807) is 20.8 Å². The number of rotatable bonds is 3. The number of carbonyl (C=O) groups excluding carboxylic acids is 1. The molecular weight excluding hydrogens is 250 g/mol. The van der Waals surface area contributed by atoms with Crippen LogP contribution < -0.4 is 5.32 Å². The van der Waals surface area contributed by atoms with Crippen molar-refractivity contribution in [1.82, 2.24) is 5.32 Å². The monoisotopic (exact) mass is 273 g/mol. The Morgan fingerprint density at radius 1 is 1.37 bits per heavy atom. The summed E-state index contributed by atoms with van der Waals surface area (Å²) in [6, 6.07) is 0. The van der Waals surface area contributed by atoms with Crippen LogP contribution in [0.15, 0.2) is 0 Å². The molecule has 0 radical (unpaired) electrons. The minimum absolute atomic E-state index is 0.172. The third-order valence-electron chi connectivity index (χ3n) is 2.76. The van der Waals surface area contributed by atoms with Gasteiger partial charge in [-0.05, 0) is 34.6 Å². The smallest absolute Gasteiger partial charge is 0.408 e. The number of aliphatic carboxylic acids is 1. The Bertz CT molecular complexity index is 372. The van der Waals surface area contributed by atoms with E-state index in [4.69, 9.17) is 14.6 Å². The zero-order valence-corrected chi connectivity index (χ0v) is 12.2. The molecule has 1 unspecified atom stereocenters. The summed E-state index contributed by atoms with van der Waals surface area (Å²) in [4.78, 5) is 22.8. The van der Waals surface area contributed by atoms with Gasteiger partial charge in [-0.2, -0.15) is 0 Å². The molecule has 1 atom stereocenters. The number of ether oxygens (including phenoxy) is 2. The molecule has 1 rings (SSSR count). The molecule has 110 valence electrons. The minimum atomic E-state index is -0.975. The predicted octanol–water partition coefficient (Wildman–Crippen LogP) is 1.92. The van der Waals surface area contributed by atoms with Crippen LogP contribution in [0.3, 0.4) is 0 Å². The summed E-state index contributed by atoms with van der Waals surface area (Å²) in [5.74, 6) is -0.975. The maximum Gasteiger partial charge on any atom is 0.408 e. The molecule has 1 heterocycles. The highest BCUT2D eigenvalue weighted by molar-refractivity contribution is 5.73. The van der Waals surface area contributed by atoms with Gasteiger partial charge >= 0.3 is 12.1 Å². The number of carboxylic acids is 1. The molecule has 19 heavy (non-hydrogen) atoms. The van der Waals surface area contributed by atoms with Gasteiger partial charge in [-0.25, -0.2) is 4.79 Å². The zero-order valence-electron chi connectivity index (χ0n) is 12.2. The Morgan fingerprint density at radius 3 is 2.32 bits per heavy atom. The van der Waals surface area contributed by atoms with E-state index in [1.165, 1.54) is 0 Å². The standard InChI is InChI=1S/C13H23NO5/c1-11(2,3)19-10(17)14-13(6-9(15)16)7-12(4,5)18-8-13/h6-8H2,1-5H3,(H,14,17)(H,15,16). The lowest BCUT2D eigenvalue weighted by Gasteiger charge is -2.30. The molecule has 1 aliphatic heterocycles. The van der Waals surface area contributed by atoms with Crippen LogP contribution in [-0.2, 0) is 14.3 Å². The maximum atomic E-state index is 11.8. The molecule has 0 aromatic heterocycles. The average molecular weight is 273 g/mol. The van der Waals surface area contributed by atoms with E-state index in [0.29, 0.717) is 6.42 Å². The van der Waals surface area contributed by atoms with Crippen LogP contribution in [0.4, 0.5) is 4.79 Å². The fourth-order valence-corrected chi connectivity index (χ4v) is 2.30. The van der Waals surface area contributed by atoms with E-state index in [9.17, 15) is 9.59 Å². The van der Waals surface area contributed by atoms with Crippen LogP contribution >= 0.6 is 0 Å². The molecule has 0 aliphatic carbocycles. The van der Waals surface area contributed by atoms with Gasteiger partial charge in [0.15, 0.2) is 0 Å². The minimum Gasteiger partial charge on any atom is -0.481 e. The third-order valence-corrected chi connectivity index (χ3v) is 2.76. The fraction of sp³-hybridized carbons (Fsp3) is 0.846. The molecule has 6 nitrogen and oxygen atoms in total. The lowest BCUT2D eigenvalue weighted by molar-refractivity contribution is -0.138. The lowest BCUT2D eigenvalue weighted by Crippen LogP contribution is -2.52. The number of amides is 1. The maximum absolute atomic E-state index is 11.8. The number of carboxylic acid groups (broad SMARTS) is 1. The highest BCUT2D eigenvalue weighted by Crippen LogP contribution is 2.35. The molecule has 2 N–H and O–H groups in total. The highest BCUT2D eigenvalue weighted by Gasteiger charge is 2.47. The quantitative estimate of drug-likeness (QED) is 0.820. The van der Waals surface area contributed by atoms with Gasteiger partial charge in [-0.3, -0.25) is 4.79 Å². The molecule has 0 saturated carbocycles. The van der Waals surface area contributed by atoms with Crippen molar-refractivity contribution in [3.63, 3.8) is 0 Å². The van der Waals surface area contributed by atoms with Crippen LogP contribution in [0, 0.1) is 0 Å². The molecule has 0 aromatic rings. The van der Waals surface area contributed by atoms with Crippen molar-refractivity contribution in [2.24, 2.45) is 0 Å². The second-order valence-electron chi connectivity index (χ2n) is 6.70. The van der Waals surface area contributed by atoms with Crippen LogP contribution in [0.1, 0.15) is 47.5 Å². The van der Waals surface area contributed by atoms with Crippen LogP contribution in [0.5, 0.6) is 0 Å². The van der Waals surface area contributed by atoms with Crippen molar-refractivity contribution in [3.8, 4) is 0 Å². The highest BCUT2D eigenvalue weighted by atomic mass is 16.6. The zero-order chi connectivity index (χ0) is 14.9. The number of hydrogen-bond donors (Lipinski definition) is 2. The Labute approximate surface area is 113 Å². The largest absolute Gasteiger partial charge is 0.481 e. The van der Waals surface area contributed by atoms with Crippen molar-refractivity contribution < 1.29 is 24.2 Å². The van der Waals surface area contributed by atoms with E-state index < -0.39 is 28.8 Å². The van der Waals surface area contributed by atoms with Gasteiger partial charge in [0, 0.05) is 6.42 Å². The van der Waals surface area contributed by atoms with E-state index >= 15 is 0 Å². The molecule has 1 fully saturated rings. The molecule has 0 spiro atoms. The summed E-state index contributed by atoms with van der Waals surface area (Å²) in [7, 11) is 0. The van der Waals surface area contributed by atoms with Crippen molar-refractivity contribution in [3.05, 3.63) is 0 Å². The normalized spacial score (nSPS) is 25.9. The summed E-state index contributed by atoms with van der Waals surface area (Å²) in [5, 5.41) is 11.7. The first-order chi connectivity index (χ1) is 8.43. The van der Waals surface area contributed by atoms with Gasteiger partial charge < -0.3 is 19.9 Å². The molecule has 6 heteroatoms. The van der Waals surface area contributed by atoms with E-state index in [1.807, 2.05) is 13.8 Å². The number of nitrogens with one attached hydrogen (secondary N) is 1. The van der Waals surface area contributed by atoms with Crippen LogP contribution in [0.2, 0.25) is 0 Å². The van der Waals surface area contributed by atoms with Gasteiger partial charge in [0.1, 0.15) is 5.60 Å².